The summed E-state index contributed by atoms with van der Waals surface area (Å²) in [7, 11) is 0. The van der Waals surface area contributed by atoms with Gasteiger partial charge in [0, 0.05) is 30.4 Å². The Morgan fingerprint density at radius 3 is 2.67 bits per heavy atom. The van der Waals surface area contributed by atoms with Crippen molar-refractivity contribution in [2.24, 2.45) is 5.92 Å². The lowest BCUT2D eigenvalue weighted by molar-refractivity contribution is 0.647. The van der Waals surface area contributed by atoms with E-state index in [-0.39, 0.29) is 0 Å². The molecule has 1 aromatic heterocycles. The molecule has 5 heteroatoms. The van der Waals surface area contributed by atoms with Gasteiger partial charge in [0.05, 0.1) is 11.4 Å². The first-order chi connectivity index (χ1) is 11.5. The second kappa shape index (κ2) is 6.99. The number of nitrogens with two attached hydrogens (primary N) is 1. The number of nitrogens with zero attached hydrogens (tertiary/aromatic N) is 3. The second-order valence-corrected chi connectivity index (χ2v) is 6.85. The van der Waals surface area contributed by atoms with Gasteiger partial charge in [0.15, 0.2) is 0 Å². The molecule has 3 rings (SSSR count). The summed E-state index contributed by atoms with van der Waals surface area (Å²) in [6.07, 6.45) is 4.91. The molecule has 0 unspecified atom stereocenters. The van der Waals surface area contributed by atoms with E-state index < -0.39 is 0 Å². The third-order valence-corrected chi connectivity index (χ3v) is 4.37. The van der Waals surface area contributed by atoms with E-state index >= 15 is 0 Å². The van der Waals surface area contributed by atoms with Gasteiger partial charge < -0.3 is 10.6 Å². The monoisotopic (exact) mass is 323 g/mol. The van der Waals surface area contributed by atoms with Gasteiger partial charge in [-0.15, -0.1) is 0 Å². The van der Waals surface area contributed by atoms with Crippen LogP contribution in [0.2, 0.25) is 0 Å². The summed E-state index contributed by atoms with van der Waals surface area (Å²) in [5.41, 5.74) is 9.68. The summed E-state index contributed by atoms with van der Waals surface area (Å²) in [5.74, 6) is 1.47. The lowest BCUT2D eigenvalue weighted by atomic mass is 9.97. The number of nitrogen functional groups attached to an aromatic ring is 1. The molecule has 1 saturated heterocycles. The Morgan fingerprint density at radius 1 is 1.21 bits per heavy atom. The van der Waals surface area contributed by atoms with E-state index in [4.69, 9.17) is 11.1 Å². The van der Waals surface area contributed by atoms with Crippen molar-refractivity contribution in [1.29, 1.82) is 5.41 Å². The summed E-state index contributed by atoms with van der Waals surface area (Å²) < 4.78 is 0. The molecule has 24 heavy (non-hydrogen) atoms. The molecule has 0 saturated carbocycles. The summed E-state index contributed by atoms with van der Waals surface area (Å²) >= 11 is 0. The first-order valence-corrected chi connectivity index (χ1v) is 8.59. The molecular formula is C19H25N5. The Morgan fingerprint density at radius 2 is 1.96 bits per heavy atom. The number of hydrogen-bond donors (Lipinski definition) is 2. The molecule has 1 aliphatic rings. The van der Waals surface area contributed by atoms with Gasteiger partial charge in [0.1, 0.15) is 12.1 Å². The Kier molecular flexibility index (Phi) is 4.79. The van der Waals surface area contributed by atoms with Crippen molar-refractivity contribution >= 4 is 17.2 Å². The average molecular weight is 323 g/mol. The Balaban J connectivity index is 1.89. The fourth-order valence-electron chi connectivity index (χ4n) is 3.16. The maximum absolute atomic E-state index is 8.57. The highest BCUT2D eigenvalue weighted by molar-refractivity contribution is 6.13. The number of aromatic nitrogens is 2. The maximum Gasteiger partial charge on any atom is 0.132 e. The number of hydrogen-bond acceptors (Lipinski definition) is 5. The van der Waals surface area contributed by atoms with Gasteiger partial charge in [-0.1, -0.05) is 19.9 Å². The SMILES string of the molecule is CC(C)Cc1ccc(N)c(C(=N)c2cc(N3CCCC3)ncn2)c1. The Bertz CT molecular complexity index is 732. The second-order valence-electron chi connectivity index (χ2n) is 6.85. The fraction of sp³-hybridized carbons (Fsp3) is 0.421. The van der Waals surface area contributed by atoms with E-state index in [2.05, 4.69) is 28.7 Å². The molecule has 0 aliphatic carbocycles. The highest BCUT2D eigenvalue weighted by atomic mass is 15.2. The molecule has 3 N–H and O–H groups in total. The van der Waals surface area contributed by atoms with Crippen LogP contribution < -0.4 is 10.6 Å². The molecule has 126 valence electrons. The van der Waals surface area contributed by atoms with Gasteiger partial charge in [0.25, 0.3) is 0 Å². The van der Waals surface area contributed by atoms with E-state index in [1.165, 1.54) is 18.4 Å². The Hall–Kier alpha value is -2.43. The number of benzene rings is 1. The quantitative estimate of drug-likeness (QED) is 0.654. The third kappa shape index (κ3) is 3.55. The zero-order valence-electron chi connectivity index (χ0n) is 14.4. The van der Waals surface area contributed by atoms with E-state index in [9.17, 15) is 0 Å². The smallest absolute Gasteiger partial charge is 0.132 e. The van der Waals surface area contributed by atoms with Gasteiger partial charge >= 0.3 is 0 Å². The summed E-state index contributed by atoms with van der Waals surface area (Å²) in [4.78, 5) is 10.9. The van der Waals surface area contributed by atoms with E-state index in [1.807, 2.05) is 24.3 Å². The van der Waals surface area contributed by atoms with Gasteiger partial charge in [-0.25, -0.2) is 9.97 Å². The molecule has 0 radical (unpaired) electrons. The minimum atomic E-state index is 0.362. The predicted octanol–water partition coefficient (Wildman–Crippen LogP) is 3.27. The van der Waals surface area contributed by atoms with Crippen LogP contribution in [0, 0.1) is 11.3 Å². The van der Waals surface area contributed by atoms with Crippen LogP contribution in [0.1, 0.15) is 43.5 Å². The van der Waals surface area contributed by atoms with Crippen LogP contribution in [0.3, 0.4) is 0 Å². The van der Waals surface area contributed by atoms with Crippen LogP contribution in [0.15, 0.2) is 30.6 Å². The van der Waals surface area contributed by atoms with Crippen molar-refractivity contribution < 1.29 is 0 Å². The van der Waals surface area contributed by atoms with Crippen LogP contribution in [0.5, 0.6) is 0 Å². The number of nitrogens with one attached hydrogen (secondary N) is 1. The lowest BCUT2D eigenvalue weighted by Gasteiger charge is -2.17. The number of anilines is 2. The largest absolute Gasteiger partial charge is 0.398 e. The summed E-state index contributed by atoms with van der Waals surface area (Å²) in [5, 5.41) is 8.57. The average Bonchev–Trinajstić information content (AvgIpc) is 3.10. The first kappa shape index (κ1) is 16.4. The van der Waals surface area contributed by atoms with Crippen molar-refractivity contribution in [3.63, 3.8) is 0 Å². The molecule has 1 fully saturated rings. The van der Waals surface area contributed by atoms with Crippen LogP contribution in [0.25, 0.3) is 0 Å². The molecule has 0 atom stereocenters. The maximum atomic E-state index is 8.57. The highest BCUT2D eigenvalue weighted by Crippen LogP contribution is 2.22. The molecule has 0 spiro atoms. The summed E-state index contributed by atoms with van der Waals surface area (Å²) in [6.45, 7) is 6.42. The van der Waals surface area contributed by atoms with Crippen molar-refractivity contribution in [1.82, 2.24) is 9.97 Å². The molecule has 0 bridgehead atoms. The van der Waals surface area contributed by atoms with Crippen LogP contribution in [-0.4, -0.2) is 28.8 Å². The third-order valence-electron chi connectivity index (χ3n) is 4.37. The summed E-state index contributed by atoms with van der Waals surface area (Å²) in [6, 6.07) is 7.86. The van der Waals surface area contributed by atoms with E-state index in [0.29, 0.717) is 23.0 Å². The van der Waals surface area contributed by atoms with Crippen molar-refractivity contribution in [2.75, 3.05) is 23.7 Å². The zero-order valence-corrected chi connectivity index (χ0v) is 14.4. The highest BCUT2D eigenvalue weighted by Gasteiger charge is 2.17. The van der Waals surface area contributed by atoms with E-state index in [1.54, 1.807) is 6.33 Å². The van der Waals surface area contributed by atoms with Crippen LogP contribution in [-0.2, 0) is 6.42 Å². The molecule has 1 aliphatic heterocycles. The lowest BCUT2D eigenvalue weighted by Crippen LogP contribution is -2.20. The topological polar surface area (TPSA) is 78.9 Å². The molecule has 5 nitrogen and oxygen atoms in total. The molecular weight excluding hydrogens is 298 g/mol. The molecule has 0 amide bonds. The van der Waals surface area contributed by atoms with Gasteiger partial charge in [-0.2, -0.15) is 0 Å². The minimum Gasteiger partial charge on any atom is -0.398 e. The molecule has 2 aromatic rings. The van der Waals surface area contributed by atoms with Crippen molar-refractivity contribution in [3.05, 3.63) is 47.4 Å². The Labute approximate surface area is 143 Å². The van der Waals surface area contributed by atoms with Gasteiger partial charge in [0.2, 0.25) is 0 Å². The normalized spacial score (nSPS) is 14.4. The standard InChI is InChI=1S/C19H25N5/c1-13(2)9-14-5-6-16(20)15(10-14)19(21)17-11-18(23-12-22-17)24-7-3-4-8-24/h5-6,10-13,21H,3-4,7-9,20H2,1-2H3. The van der Waals surface area contributed by atoms with Crippen molar-refractivity contribution in [3.8, 4) is 0 Å². The van der Waals surface area contributed by atoms with Crippen LogP contribution in [0.4, 0.5) is 11.5 Å². The minimum absolute atomic E-state index is 0.362. The zero-order chi connectivity index (χ0) is 17.1. The van der Waals surface area contributed by atoms with Gasteiger partial charge in [-0.05, 0) is 42.9 Å². The van der Waals surface area contributed by atoms with Crippen molar-refractivity contribution in [2.45, 2.75) is 33.1 Å². The van der Waals surface area contributed by atoms with Crippen LogP contribution >= 0.6 is 0 Å². The number of rotatable bonds is 5. The molecule has 1 aromatic carbocycles. The first-order valence-electron chi connectivity index (χ1n) is 8.59. The predicted molar refractivity (Wildman–Crippen MR) is 98.8 cm³/mol. The fourth-order valence-corrected chi connectivity index (χ4v) is 3.16. The van der Waals surface area contributed by atoms with Gasteiger partial charge in [-0.3, -0.25) is 5.41 Å². The molecule has 2 heterocycles. The van der Waals surface area contributed by atoms with E-state index in [0.717, 1.165) is 30.9 Å².